The van der Waals surface area contributed by atoms with E-state index in [1.807, 2.05) is 12.1 Å². The van der Waals surface area contributed by atoms with Crippen molar-refractivity contribution in [2.75, 3.05) is 37.6 Å². The van der Waals surface area contributed by atoms with Gasteiger partial charge in [-0.25, -0.2) is 4.98 Å². The molecule has 1 atom stereocenters. The predicted molar refractivity (Wildman–Crippen MR) is 149 cm³/mol. The van der Waals surface area contributed by atoms with E-state index in [-0.39, 0.29) is 24.1 Å². The second-order valence-corrected chi connectivity index (χ2v) is 11.6. The molecule has 4 aliphatic rings. The maximum absolute atomic E-state index is 13.0. The van der Waals surface area contributed by atoms with Crippen LogP contribution in [0.1, 0.15) is 76.3 Å². The third-order valence-corrected chi connectivity index (χ3v) is 9.09. The predicted octanol–water partition coefficient (Wildman–Crippen LogP) is 2.04. The minimum absolute atomic E-state index is 0.115. The van der Waals surface area contributed by atoms with E-state index in [1.165, 1.54) is 5.56 Å². The van der Waals surface area contributed by atoms with Gasteiger partial charge in [0.05, 0.1) is 5.56 Å². The highest BCUT2D eigenvalue weighted by Crippen LogP contribution is 2.34. The first-order chi connectivity index (χ1) is 19.4. The minimum Gasteiger partial charge on any atom is -0.366 e. The van der Waals surface area contributed by atoms with Crippen molar-refractivity contribution in [3.63, 3.8) is 0 Å². The van der Waals surface area contributed by atoms with Gasteiger partial charge in [0.2, 0.25) is 17.7 Å². The zero-order chi connectivity index (χ0) is 27.8. The van der Waals surface area contributed by atoms with Crippen LogP contribution in [0.4, 0.5) is 5.82 Å². The summed E-state index contributed by atoms with van der Waals surface area (Å²) in [4.78, 5) is 59.1. The number of rotatable bonds is 6. The highest BCUT2D eigenvalue weighted by molar-refractivity contribution is 6.05. The van der Waals surface area contributed by atoms with Crippen molar-refractivity contribution in [1.82, 2.24) is 20.1 Å². The van der Waals surface area contributed by atoms with Crippen LogP contribution in [-0.2, 0) is 16.1 Å². The van der Waals surface area contributed by atoms with E-state index in [2.05, 4.69) is 32.2 Å². The third-order valence-electron chi connectivity index (χ3n) is 9.09. The van der Waals surface area contributed by atoms with Crippen LogP contribution in [0, 0.1) is 5.92 Å². The quantitative estimate of drug-likeness (QED) is 0.533. The van der Waals surface area contributed by atoms with E-state index < -0.39 is 11.9 Å². The normalized spacial score (nSPS) is 22.9. The van der Waals surface area contributed by atoms with Gasteiger partial charge in [0.15, 0.2) is 0 Å². The standard InChI is InChI=1S/C30H36N6O4/c31-28(38)22-2-5-26(32-16-22)35-13-7-19(8-14-35)17-34-11-9-20(10-12-34)21-1-3-24-23(15-21)18-36(30(24)40)25-4-6-27(37)33-29(25)39/h1-3,5,15-16,19-20,25H,4,6-14,17-18H2,(H2,31,38)(H,33,37,39). The summed E-state index contributed by atoms with van der Waals surface area (Å²) in [5.41, 5.74) is 8.70. The molecular formula is C30H36N6O4. The number of carbonyl (C=O) groups is 4. The lowest BCUT2D eigenvalue weighted by Gasteiger charge is -2.38. The summed E-state index contributed by atoms with van der Waals surface area (Å²) < 4.78 is 0. The van der Waals surface area contributed by atoms with Gasteiger partial charge in [0.1, 0.15) is 11.9 Å². The zero-order valence-corrected chi connectivity index (χ0v) is 22.7. The SMILES string of the molecule is NC(=O)c1ccc(N2CCC(CN3CCC(c4ccc5c(c4)CN(C4CCC(=O)NC4=O)C5=O)CC3)CC2)nc1. The molecule has 0 spiro atoms. The molecule has 5 heterocycles. The van der Waals surface area contributed by atoms with Crippen LogP contribution in [0.2, 0.25) is 0 Å². The molecule has 4 amide bonds. The Kier molecular flexibility index (Phi) is 7.27. The van der Waals surface area contributed by atoms with Gasteiger partial charge in [-0.05, 0) is 86.4 Å². The van der Waals surface area contributed by atoms with Crippen LogP contribution in [0.25, 0.3) is 0 Å². The van der Waals surface area contributed by atoms with Gasteiger partial charge in [0.25, 0.3) is 5.91 Å². The largest absolute Gasteiger partial charge is 0.366 e. The van der Waals surface area contributed by atoms with E-state index in [4.69, 9.17) is 5.73 Å². The number of carbonyl (C=O) groups excluding carboxylic acids is 4. The van der Waals surface area contributed by atoms with Crippen LogP contribution in [0.3, 0.4) is 0 Å². The van der Waals surface area contributed by atoms with Gasteiger partial charge in [-0.2, -0.15) is 0 Å². The first-order valence-corrected chi connectivity index (χ1v) is 14.4. The molecule has 10 nitrogen and oxygen atoms in total. The molecule has 3 N–H and O–H groups in total. The smallest absolute Gasteiger partial charge is 0.255 e. The van der Waals surface area contributed by atoms with Crippen LogP contribution in [0.5, 0.6) is 0 Å². The highest BCUT2D eigenvalue weighted by atomic mass is 16.2. The Labute approximate surface area is 233 Å². The molecular weight excluding hydrogens is 508 g/mol. The monoisotopic (exact) mass is 544 g/mol. The van der Waals surface area contributed by atoms with Gasteiger partial charge in [0, 0.05) is 44.4 Å². The number of nitrogens with one attached hydrogen (secondary N) is 1. The number of piperidine rings is 3. The van der Waals surface area contributed by atoms with Crippen molar-refractivity contribution >= 4 is 29.4 Å². The lowest BCUT2D eigenvalue weighted by Crippen LogP contribution is -2.52. The van der Waals surface area contributed by atoms with Crippen molar-refractivity contribution in [2.45, 2.75) is 57.0 Å². The van der Waals surface area contributed by atoms with E-state index in [0.29, 0.717) is 35.9 Å². The van der Waals surface area contributed by atoms with Crippen molar-refractivity contribution in [3.8, 4) is 0 Å². The Morgan fingerprint density at radius 1 is 0.975 bits per heavy atom. The van der Waals surface area contributed by atoms with Crippen molar-refractivity contribution < 1.29 is 19.2 Å². The number of aromatic nitrogens is 1. The summed E-state index contributed by atoms with van der Waals surface area (Å²) in [6.45, 7) is 5.62. The Morgan fingerprint density at radius 3 is 2.42 bits per heavy atom. The lowest BCUT2D eigenvalue weighted by molar-refractivity contribution is -0.136. The van der Waals surface area contributed by atoms with Crippen molar-refractivity contribution in [2.24, 2.45) is 11.7 Å². The molecule has 0 bridgehead atoms. The fourth-order valence-electron chi connectivity index (χ4n) is 6.73. The summed E-state index contributed by atoms with van der Waals surface area (Å²) in [6, 6.07) is 9.23. The molecule has 3 fully saturated rings. The summed E-state index contributed by atoms with van der Waals surface area (Å²) in [7, 11) is 0. The molecule has 2 aromatic rings. The van der Waals surface area contributed by atoms with Crippen molar-refractivity contribution in [3.05, 3.63) is 58.8 Å². The average molecular weight is 545 g/mol. The summed E-state index contributed by atoms with van der Waals surface area (Å²) in [5.74, 6) is 0.834. The minimum atomic E-state index is -0.574. The molecule has 0 radical (unpaired) electrons. The van der Waals surface area contributed by atoms with Crippen molar-refractivity contribution in [1.29, 1.82) is 0 Å². The van der Waals surface area contributed by atoms with Crippen LogP contribution in [0.15, 0.2) is 36.5 Å². The summed E-state index contributed by atoms with van der Waals surface area (Å²) in [6.07, 6.45) is 6.65. The number of benzene rings is 1. The molecule has 0 aliphatic carbocycles. The Balaban J connectivity index is 0.986. The molecule has 6 rings (SSSR count). The number of hydrogen-bond acceptors (Lipinski definition) is 7. The average Bonchev–Trinajstić information content (AvgIpc) is 3.29. The third kappa shape index (κ3) is 5.32. The maximum atomic E-state index is 13.0. The number of likely N-dealkylation sites (tertiary alicyclic amines) is 1. The molecule has 3 saturated heterocycles. The number of nitrogens with zero attached hydrogens (tertiary/aromatic N) is 4. The molecule has 1 aromatic carbocycles. The molecule has 40 heavy (non-hydrogen) atoms. The Hall–Kier alpha value is -3.79. The Morgan fingerprint density at radius 2 is 1.75 bits per heavy atom. The number of imide groups is 1. The van der Waals surface area contributed by atoms with Gasteiger partial charge < -0.3 is 20.4 Å². The fraction of sp³-hybridized carbons (Fsp3) is 0.500. The summed E-state index contributed by atoms with van der Waals surface area (Å²) >= 11 is 0. The van der Waals surface area contributed by atoms with Gasteiger partial charge in [-0.15, -0.1) is 0 Å². The Bertz CT molecular complexity index is 1310. The number of fused-ring (bicyclic) bond motifs is 1. The molecule has 0 saturated carbocycles. The molecule has 4 aliphatic heterocycles. The number of primary amides is 1. The topological polar surface area (TPSA) is 129 Å². The maximum Gasteiger partial charge on any atom is 0.255 e. The van der Waals surface area contributed by atoms with E-state index in [1.54, 1.807) is 17.2 Å². The number of anilines is 1. The van der Waals surface area contributed by atoms with Crippen LogP contribution < -0.4 is 16.0 Å². The van der Waals surface area contributed by atoms with Gasteiger partial charge in [-0.1, -0.05) is 12.1 Å². The second-order valence-electron chi connectivity index (χ2n) is 11.6. The van der Waals surface area contributed by atoms with Gasteiger partial charge in [-0.3, -0.25) is 24.5 Å². The van der Waals surface area contributed by atoms with Crippen LogP contribution >= 0.6 is 0 Å². The van der Waals surface area contributed by atoms with E-state index in [9.17, 15) is 19.2 Å². The molecule has 1 unspecified atom stereocenters. The number of pyridine rings is 1. The second kappa shape index (κ2) is 11.0. The molecule has 1 aromatic heterocycles. The molecule has 10 heteroatoms. The molecule has 210 valence electrons. The van der Waals surface area contributed by atoms with E-state index >= 15 is 0 Å². The number of amides is 4. The van der Waals surface area contributed by atoms with E-state index in [0.717, 1.165) is 69.8 Å². The summed E-state index contributed by atoms with van der Waals surface area (Å²) in [5, 5.41) is 2.37. The highest BCUT2D eigenvalue weighted by Gasteiger charge is 2.39. The first-order valence-electron chi connectivity index (χ1n) is 14.4. The zero-order valence-electron chi connectivity index (χ0n) is 22.7. The van der Waals surface area contributed by atoms with Crippen LogP contribution in [-0.4, -0.2) is 77.2 Å². The number of hydrogen-bond donors (Lipinski definition) is 2. The van der Waals surface area contributed by atoms with Gasteiger partial charge >= 0.3 is 0 Å². The first kappa shape index (κ1) is 26.4. The number of nitrogens with two attached hydrogens (primary N) is 1. The fourth-order valence-corrected chi connectivity index (χ4v) is 6.73. The lowest BCUT2D eigenvalue weighted by atomic mass is 9.87.